The SMILES string of the molecule is CCN(CC)C(C)(CC)C(N)c1ccc(C2CCC2)cc1. The molecule has 2 atom stereocenters. The van der Waals surface area contributed by atoms with Gasteiger partial charge in [-0.15, -0.1) is 0 Å². The van der Waals surface area contributed by atoms with Crippen molar-refractivity contribution >= 4 is 0 Å². The summed E-state index contributed by atoms with van der Waals surface area (Å²) in [5.74, 6) is 0.801. The van der Waals surface area contributed by atoms with Crippen molar-refractivity contribution in [3.8, 4) is 0 Å². The second-order valence-electron chi connectivity index (χ2n) is 6.66. The Kier molecular flexibility index (Phi) is 5.45. The summed E-state index contributed by atoms with van der Waals surface area (Å²) >= 11 is 0. The van der Waals surface area contributed by atoms with Crippen molar-refractivity contribution in [2.75, 3.05) is 13.1 Å². The van der Waals surface area contributed by atoms with Crippen molar-refractivity contribution < 1.29 is 0 Å². The molecule has 21 heavy (non-hydrogen) atoms. The highest BCUT2D eigenvalue weighted by molar-refractivity contribution is 5.30. The van der Waals surface area contributed by atoms with Gasteiger partial charge in [-0.2, -0.15) is 0 Å². The first kappa shape index (κ1) is 16.5. The lowest BCUT2D eigenvalue weighted by Gasteiger charge is -2.44. The molecular weight excluding hydrogens is 256 g/mol. The molecule has 118 valence electrons. The fourth-order valence-electron chi connectivity index (χ4n) is 3.66. The minimum atomic E-state index is 0.0293. The topological polar surface area (TPSA) is 29.3 Å². The summed E-state index contributed by atoms with van der Waals surface area (Å²) in [6, 6.07) is 9.19. The first-order valence-electron chi connectivity index (χ1n) is 8.67. The average molecular weight is 288 g/mol. The van der Waals surface area contributed by atoms with Crippen LogP contribution in [0.25, 0.3) is 0 Å². The van der Waals surface area contributed by atoms with Gasteiger partial charge in [-0.1, -0.05) is 51.5 Å². The second kappa shape index (κ2) is 6.93. The molecule has 2 rings (SSSR count). The van der Waals surface area contributed by atoms with E-state index in [4.69, 9.17) is 5.73 Å². The molecule has 2 N–H and O–H groups in total. The van der Waals surface area contributed by atoms with Gasteiger partial charge in [-0.05, 0) is 56.3 Å². The summed E-state index contributed by atoms with van der Waals surface area (Å²) in [6.45, 7) is 11.1. The molecule has 0 bridgehead atoms. The van der Waals surface area contributed by atoms with Crippen molar-refractivity contribution in [2.24, 2.45) is 5.73 Å². The van der Waals surface area contributed by atoms with Crippen LogP contribution in [-0.2, 0) is 0 Å². The van der Waals surface area contributed by atoms with Gasteiger partial charge < -0.3 is 5.73 Å². The van der Waals surface area contributed by atoms with Crippen LogP contribution < -0.4 is 5.73 Å². The van der Waals surface area contributed by atoms with Gasteiger partial charge in [-0.3, -0.25) is 4.90 Å². The lowest BCUT2D eigenvalue weighted by molar-refractivity contribution is 0.0844. The third-order valence-electron chi connectivity index (χ3n) is 5.74. The maximum atomic E-state index is 6.67. The number of likely N-dealkylation sites (N-methyl/N-ethyl adjacent to an activating group) is 1. The van der Waals surface area contributed by atoms with E-state index in [-0.39, 0.29) is 11.6 Å². The van der Waals surface area contributed by atoms with Crippen LogP contribution in [0.5, 0.6) is 0 Å². The van der Waals surface area contributed by atoms with Crippen LogP contribution >= 0.6 is 0 Å². The number of rotatable bonds is 7. The van der Waals surface area contributed by atoms with Crippen LogP contribution in [0.1, 0.15) is 76.5 Å². The van der Waals surface area contributed by atoms with Crippen LogP contribution in [0.3, 0.4) is 0 Å². The van der Waals surface area contributed by atoms with Crippen molar-refractivity contribution in [3.63, 3.8) is 0 Å². The first-order chi connectivity index (χ1) is 10.1. The fraction of sp³-hybridized carbons (Fsp3) is 0.684. The van der Waals surface area contributed by atoms with E-state index in [9.17, 15) is 0 Å². The Hall–Kier alpha value is -0.860. The standard InChI is InChI=1S/C19H32N2/c1-5-19(4,21(6-2)7-3)18(20)17-13-11-16(12-14-17)15-9-8-10-15/h11-15,18H,5-10,20H2,1-4H3. The zero-order valence-corrected chi connectivity index (χ0v) is 14.2. The smallest absolute Gasteiger partial charge is 0.0479 e. The second-order valence-corrected chi connectivity index (χ2v) is 6.66. The van der Waals surface area contributed by atoms with Crippen LogP contribution in [0.15, 0.2) is 24.3 Å². The third-order valence-corrected chi connectivity index (χ3v) is 5.74. The van der Waals surface area contributed by atoms with Gasteiger partial charge >= 0.3 is 0 Å². The number of hydrogen-bond donors (Lipinski definition) is 1. The minimum absolute atomic E-state index is 0.0293. The fourth-order valence-corrected chi connectivity index (χ4v) is 3.66. The predicted octanol–water partition coefficient (Wildman–Crippen LogP) is 4.46. The first-order valence-corrected chi connectivity index (χ1v) is 8.67. The van der Waals surface area contributed by atoms with E-state index in [1.165, 1.54) is 30.4 Å². The van der Waals surface area contributed by atoms with E-state index in [2.05, 4.69) is 56.9 Å². The van der Waals surface area contributed by atoms with E-state index in [1.54, 1.807) is 0 Å². The lowest BCUT2D eigenvalue weighted by Crippen LogP contribution is -2.52. The van der Waals surface area contributed by atoms with E-state index in [1.807, 2.05) is 0 Å². The quantitative estimate of drug-likeness (QED) is 0.802. The largest absolute Gasteiger partial charge is 0.322 e. The Morgan fingerprint density at radius 2 is 1.71 bits per heavy atom. The van der Waals surface area contributed by atoms with E-state index in [0.29, 0.717) is 0 Å². The Morgan fingerprint density at radius 3 is 2.10 bits per heavy atom. The highest BCUT2D eigenvalue weighted by Gasteiger charge is 2.35. The molecular formula is C19H32N2. The molecule has 1 aliphatic carbocycles. The summed E-state index contributed by atoms with van der Waals surface area (Å²) in [5.41, 5.74) is 9.47. The normalized spacial score (nSPS) is 20.1. The maximum absolute atomic E-state index is 6.67. The van der Waals surface area contributed by atoms with Crippen molar-refractivity contribution in [2.45, 2.75) is 70.9 Å². The third kappa shape index (κ3) is 3.17. The van der Waals surface area contributed by atoms with E-state index >= 15 is 0 Å². The molecule has 0 amide bonds. The van der Waals surface area contributed by atoms with Crippen LogP contribution in [-0.4, -0.2) is 23.5 Å². The van der Waals surface area contributed by atoms with Crippen LogP contribution in [0.4, 0.5) is 0 Å². The van der Waals surface area contributed by atoms with Crippen molar-refractivity contribution in [3.05, 3.63) is 35.4 Å². The molecule has 0 aromatic heterocycles. The molecule has 1 aromatic rings. The van der Waals surface area contributed by atoms with Gasteiger partial charge in [-0.25, -0.2) is 0 Å². The summed E-state index contributed by atoms with van der Waals surface area (Å²) in [7, 11) is 0. The summed E-state index contributed by atoms with van der Waals surface area (Å²) < 4.78 is 0. The Labute approximate surface area is 130 Å². The molecule has 0 aliphatic heterocycles. The van der Waals surface area contributed by atoms with Gasteiger partial charge in [0, 0.05) is 11.6 Å². The van der Waals surface area contributed by atoms with Crippen molar-refractivity contribution in [1.29, 1.82) is 0 Å². The lowest BCUT2D eigenvalue weighted by atomic mass is 9.78. The highest BCUT2D eigenvalue weighted by Crippen LogP contribution is 2.37. The van der Waals surface area contributed by atoms with Gasteiger partial charge in [0.1, 0.15) is 0 Å². The predicted molar refractivity (Wildman–Crippen MR) is 91.6 cm³/mol. The van der Waals surface area contributed by atoms with Gasteiger partial charge in [0.15, 0.2) is 0 Å². The van der Waals surface area contributed by atoms with Gasteiger partial charge in [0.25, 0.3) is 0 Å². The monoisotopic (exact) mass is 288 g/mol. The Morgan fingerprint density at radius 1 is 1.14 bits per heavy atom. The Balaban J connectivity index is 2.18. The Bertz CT molecular complexity index is 431. The molecule has 2 nitrogen and oxygen atoms in total. The average Bonchev–Trinajstić information content (AvgIpc) is 2.46. The summed E-state index contributed by atoms with van der Waals surface area (Å²) in [5, 5.41) is 0. The van der Waals surface area contributed by atoms with Gasteiger partial charge in [0.2, 0.25) is 0 Å². The van der Waals surface area contributed by atoms with E-state index in [0.717, 1.165) is 25.4 Å². The molecule has 2 unspecified atom stereocenters. The molecule has 2 heteroatoms. The number of benzene rings is 1. The molecule has 0 heterocycles. The molecule has 0 spiro atoms. The van der Waals surface area contributed by atoms with Crippen LogP contribution in [0, 0.1) is 0 Å². The maximum Gasteiger partial charge on any atom is 0.0479 e. The zero-order chi connectivity index (χ0) is 15.5. The zero-order valence-electron chi connectivity index (χ0n) is 14.2. The van der Waals surface area contributed by atoms with Gasteiger partial charge in [0.05, 0.1) is 0 Å². The molecule has 1 fully saturated rings. The van der Waals surface area contributed by atoms with Crippen LogP contribution in [0.2, 0.25) is 0 Å². The molecule has 0 saturated heterocycles. The number of nitrogens with two attached hydrogens (primary N) is 1. The molecule has 1 aliphatic rings. The molecule has 0 radical (unpaired) electrons. The highest BCUT2D eigenvalue weighted by atomic mass is 15.2. The minimum Gasteiger partial charge on any atom is -0.322 e. The summed E-state index contributed by atoms with van der Waals surface area (Å²) in [6.07, 6.45) is 5.18. The number of nitrogens with zero attached hydrogens (tertiary/aromatic N) is 1. The molecule has 1 saturated carbocycles. The summed E-state index contributed by atoms with van der Waals surface area (Å²) in [4.78, 5) is 2.50. The molecule has 1 aromatic carbocycles. The van der Waals surface area contributed by atoms with Crippen molar-refractivity contribution in [1.82, 2.24) is 4.90 Å². The number of hydrogen-bond acceptors (Lipinski definition) is 2. The van der Waals surface area contributed by atoms with E-state index < -0.39 is 0 Å².